The van der Waals surface area contributed by atoms with Gasteiger partial charge in [-0.2, -0.15) is 0 Å². The first kappa shape index (κ1) is 12.3. The Labute approximate surface area is 95.4 Å². The van der Waals surface area contributed by atoms with Crippen molar-refractivity contribution >= 4 is 17.3 Å². The maximum atomic E-state index is 11.7. The summed E-state index contributed by atoms with van der Waals surface area (Å²) in [5, 5.41) is 2.80. The molecule has 16 heavy (non-hydrogen) atoms. The van der Waals surface area contributed by atoms with Gasteiger partial charge in [0.1, 0.15) is 0 Å². The normalized spacial score (nSPS) is 10.4. The van der Waals surface area contributed by atoms with Crippen LogP contribution in [0.15, 0.2) is 18.2 Å². The molecule has 0 aliphatic heterocycles. The van der Waals surface area contributed by atoms with Gasteiger partial charge in [-0.15, -0.1) is 0 Å². The number of likely N-dealkylation sites (N-methyl/N-ethyl adjacent to an activating group) is 1. The van der Waals surface area contributed by atoms with Gasteiger partial charge < -0.3 is 21.7 Å². The Morgan fingerprint density at radius 1 is 1.31 bits per heavy atom. The van der Waals surface area contributed by atoms with E-state index in [0.29, 0.717) is 23.5 Å². The molecular formula is C11H18N4O. The van der Waals surface area contributed by atoms with Crippen LogP contribution in [0.1, 0.15) is 10.4 Å². The lowest BCUT2D eigenvalue weighted by molar-refractivity contribution is 0.0951. The lowest BCUT2D eigenvalue weighted by Crippen LogP contribution is -2.31. The molecule has 1 aromatic rings. The van der Waals surface area contributed by atoms with Crippen LogP contribution in [0.5, 0.6) is 0 Å². The molecule has 0 saturated carbocycles. The van der Waals surface area contributed by atoms with Gasteiger partial charge in [0.2, 0.25) is 0 Å². The summed E-state index contributed by atoms with van der Waals surface area (Å²) in [5.41, 5.74) is 12.6. The molecule has 1 aromatic carbocycles. The topological polar surface area (TPSA) is 84.4 Å². The van der Waals surface area contributed by atoms with Crippen LogP contribution in [0.3, 0.4) is 0 Å². The molecule has 0 aliphatic carbocycles. The van der Waals surface area contributed by atoms with Gasteiger partial charge in [-0.25, -0.2) is 0 Å². The Bertz CT molecular complexity index is 376. The Morgan fingerprint density at radius 2 is 2.00 bits per heavy atom. The highest BCUT2D eigenvalue weighted by Crippen LogP contribution is 2.15. The van der Waals surface area contributed by atoms with E-state index in [1.807, 2.05) is 19.0 Å². The molecule has 0 atom stereocenters. The van der Waals surface area contributed by atoms with Crippen LogP contribution in [-0.2, 0) is 0 Å². The van der Waals surface area contributed by atoms with E-state index >= 15 is 0 Å². The summed E-state index contributed by atoms with van der Waals surface area (Å²) in [6.07, 6.45) is 0. The molecule has 0 aromatic heterocycles. The molecular weight excluding hydrogens is 204 g/mol. The minimum Gasteiger partial charge on any atom is -0.397 e. The minimum absolute atomic E-state index is 0.131. The maximum Gasteiger partial charge on any atom is 0.251 e. The SMILES string of the molecule is CN(C)CCNC(=O)c1ccc(N)c(N)c1. The van der Waals surface area contributed by atoms with Crippen molar-refractivity contribution in [2.45, 2.75) is 0 Å². The number of benzene rings is 1. The zero-order valence-electron chi connectivity index (χ0n) is 9.66. The minimum atomic E-state index is -0.131. The average molecular weight is 222 g/mol. The molecule has 5 N–H and O–H groups in total. The van der Waals surface area contributed by atoms with Crippen molar-refractivity contribution in [2.75, 3.05) is 38.7 Å². The van der Waals surface area contributed by atoms with Crippen LogP contribution in [0.25, 0.3) is 0 Å². The van der Waals surface area contributed by atoms with E-state index in [1.165, 1.54) is 0 Å². The van der Waals surface area contributed by atoms with Crippen LogP contribution in [0.4, 0.5) is 11.4 Å². The standard InChI is InChI=1S/C11H18N4O/c1-15(2)6-5-14-11(16)8-3-4-9(12)10(13)7-8/h3-4,7H,5-6,12-13H2,1-2H3,(H,14,16). The summed E-state index contributed by atoms with van der Waals surface area (Å²) < 4.78 is 0. The molecule has 0 fully saturated rings. The number of carbonyl (C=O) groups is 1. The summed E-state index contributed by atoms with van der Waals surface area (Å²) in [5.74, 6) is -0.131. The van der Waals surface area contributed by atoms with Crippen molar-refractivity contribution in [2.24, 2.45) is 0 Å². The molecule has 0 aliphatic rings. The van der Waals surface area contributed by atoms with Gasteiger partial charge in [-0.1, -0.05) is 0 Å². The molecule has 88 valence electrons. The zero-order valence-corrected chi connectivity index (χ0v) is 9.66. The van der Waals surface area contributed by atoms with Crippen LogP contribution in [0, 0.1) is 0 Å². The van der Waals surface area contributed by atoms with E-state index in [0.717, 1.165) is 6.54 Å². The highest BCUT2D eigenvalue weighted by molar-refractivity contribution is 5.95. The Balaban J connectivity index is 2.56. The largest absolute Gasteiger partial charge is 0.397 e. The van der Waals surface area contributed by atoms with E-state index in [-0.39, 0.29) is 5.91 Å². The van der Waals surface area contributed by atoms with Gasteiger partial charge in [-0.05, 0) is 32.3 Å². The quantitative estimate of drug-likeness (QED) is 0.633. The average Bonchev–Trinajstić information content (AvgIpc) is 2.21. The fraction of sp³-hybridized carbons (Fsp3) is 0.364. The smallest absolute Gasteiger partial charge is 0.251 e. The number of carbonyl (C=O) groups excluding carboxylic acids is 1. The number of anilines is 2. The van der Waals surface area contributed by atoms with Crippen molar-refractivity contribution in [3.63, 3.8) is 0 Å². The van der Waals surface area contributed by atoms with E-state index in [4.69, 9.17) is 11.5 Å². The third-order valence-corrected chi connectivity index (χ3v) is 2.19. The second-order valence-corrected chi connectivity index (χ2v) is 3.90. The number of nitrogens with one attached hydrogen (secondary N) is 1. The first-order chi connectivity index (χ1) is 7.50. The summed E-state index contributed by atoms with van der Waals surface area (Å²) >= 11 is 0. The number of amides is 1. The Kier molecular flexibility index (Phi) is 4.13. The van der Waals surface area contributed by atoms with Crippen molar-refractivity contribution < 1.29 is 4.79 Å². The second-order valence-electron chi connectivity index (χ2n) is 3.90. The van der Waals surface area contributed by atoms with Gasteiger partial charge in [0.25, 0.3) is 5.91 Å². The fourth-order valence-electron chi connectivity index (χ4n) is 1.21. The van der Waals surface area contributed by atoms with Gasteiger partial charge in [0, 0.05) is 18.7 Å². The molecule has 0 spiro atoms. The molecule has 0 saturated heterocycles. The van der Waals surface area contributed by atoms with E-state index in [9.17, 15) is 4.79 Å². The van der Waals surface area contributed by atoms with Crippen molar-refractivity contribution in [3.8, 4) is 0 Å². The van der Waals surface area contributed by atoms with Gasteiger partial charge >= 0.3 is 0 Å². The molecule has 0 radical (unpaired) electrons. The predicted octanol–water partition coefficient (Wildman–Crippen LogP) is 0.142. The monoisotopic (exact) mass is 222 g/mol. The summed E-state index contributed by atoms with van der Waals surface area (Å²) in [7, 11) is 3.90. The van der Waals surface area contributed by atoms with Crippen molar-refractivity contribution in [1.82, 2.24) is 10.2 Å². The number of hydrogen-bond acceptors (Lipinski definition) is 4. The zero-order chi connectivity index (χ0) is 12.1. The Morgan fingerprint density at radius 3 is 2.56 bits per heavy atom. The fourth-order valence-corrected chi connectivity index (χ4v) is 1.21. The van der Waals surface area contributed by atoms with E-state index in [1.54, 1.807) is 18.2 Å². The first-order valence-corrected chi connectivity index (χ1v) is 5.08. The van der Waals surface area contributed by atoms with Crippen molar-refractivity contribution in [3.05, 3.63) is 23.8 Å². The van der Waals surface area contributed by atoms with Crippen LogP contribution in [-0.4, -0.2) is 38.0 Å². The summed E-state index contributed by atoms with van der Waals surface area (Å²) in [6.45, 7) is 1.41. The number of nitrogen functional groups attached to an aromatic ring is 2. The number of nitrogens with two attached hydrogens (primary N) is 2. The summed E-state index contributed by atoms with van der Waals surface area (Å²) in [4.78, 5) is 13.7. The van der Waals surface area contributed by atoms with Gasteiger partial charge in [0.05, 0.1) is 11.4 Å². The first-order valence-electron chi connectivity index (χ1n) is 5.08. The maximum absolute atomic E-state index is 11.7. The second kappa shape index (κ2) is 5.37. The number of nitrogens with zero attached hydrogens (tertiary/aromatic N) is 1. The third-order valence-electron chi connectivity index (χ3n) is 2.19. The van der Waals surface area contributed by atoms with Crippen LogP contribution in [0.2, 0.25) is 0 Å². The predicted molar refractivity (Wildman–Crippen MR) is 66.2 cm³/mol. The highest BCUT2D eigenvalue weighted by Gasteiger charge is 2.06. The molecule has 1 amide bonds. The van der Waals surface area contributed by atoms with Gasteiger partial charge in [-0.3, -0.25) is 4.79 Å². The number of hydrogen-bond donors (Lipinski definition) is 3. The van der Waals surface area contributed by atoms with Crippen molar-refractivity contribution in [1.29, 1.82) is 0 Å². The molecule has 0 bridgehead atoms. The lowest BCUT2D eigenvalue weighted by atomic mass is 10.1. The van der Waals surface area contributed by atoms with Crippen LogP contribution >= 0.6 is 0 Å². The van der Waals surface area contributed by atoms with E-state index in [2.05, 4.69) is 5.32 Å². The summed E-state index contributed by atoms with van der Waals surface area (Å²) in [6, 6.07) is 4.88. The van der Waals surface area contributed by atoms with E-state index < -0.39 is 0 Å². The number of rotatable bonds is 4. The Hall–Kier alpha value is -1.75. The third kappa shape index (κ3) is 3.43. The molecule has 0 unspecified atom stereocenters. The molecule has 5 heteroatoms. The molecule has 0 heterocycles. The lowest BCUT2D eigenvalue weighted by Gasteiger charge is -2.10. The molecule has 5 nitrogen and oxygen atoms in total. The van der Waals surface area contributed by atoms with Gasteiger partial charge in [0.15, 0.2) is 0 Å². The van der Waals surface area contributed by atoms with Crippen LogP contribution < -0.4 is 16.8 Å². The highest BCUT2D eigenvalue weighted by atomic mass is 16.1. The molecule has 1 rings (SSSR count).